The standard InChI is InChI=1S/C19H24BrFN2O2.2ClH/c1-23(2)9-8-22-12-15-10-17(20)19(18(11-15)24-3)25-13-14-4-6-16(21)7-5-14;;/h4-7,10-11,22H,8-9,12-13H2,1-3H3;2*1H. The van der Waals surface area contributed by atoms with E-state index < -0.39 is 0 Å². The fourth-order valence-electron chi connectivity index (χ4n) is 2.29. The first-order valence-corrected chi connectivity index (χ1v) is 8.88. The highest BCUT2D eigenvalue weighted by atomic mass is 79.9. The number of nitrogens with one attached hydrogen (secondary N) is 1. The monoisotopic (exact) mass is 482 g/mol. The summed E-state index contributed by atoms with van der Waals surface area (Å²) in [5.41, 5.74) is 2.00. The molecular weight excluding hydrogens is 458 g/mol. The molecule has 2 rings (SSSR count). The lowest BCUT2D eigenvalue weighted by molar-refractivity contribution is 0.282. The van der Waals surface area contributed by atoms with Crippen molar-refractivity contribution in [3.8, 4) is 11.5 Å². The zero-order chi connectivity index (χ0) is 18.2. The van der Waals surface area contributed by atoms with E-state index in [9.17, 15) is 4.39 Å². The lowest BCUT2D eigenvalue weighted by atomic mass is 10.2. The number of nitrogens with zero attached hydrogens (tertiary/aromatic N) is 1. The Labute approximate surface area is 181 Å². The molecule has 0 heterocycles. The van der Waals surface area contributed by atoms with Crippen molar-refractivity contribution in [3.05, 3.63) is 57.8 Å². The summed E-state index contributed by atoms with van der Waals surface area (Å²) in [5.74, 6) is 1.05. The Kier molecular flexibility index (Phi) is 12.7. The van der Waals surface area contributed by atoms with Gasteiger partial charge in [-0.05, 0) is 65.4 Å². The van der Waals surface area contributed by atoms with Crippen LogP contribution in [0.15, 0.2) is 40.9 Å². The van der Waals surface area contributed by atoms with Gasteiger partial charge in [-0.15, -0.1) is 24.8 Å². The van der Waals surface area contributed by atoms with E-state index in [1.54, 1.807) is 19.2 Å². The molecule has 27 heavy (non-hydrogen) atoms. The van der Waals surface area contributed by atoms with Gasteiger partial charge in [0.1, 0.15) is 12.4 Å². The van der Waals surface area contributed by atoms with E-state index in [0.717, 1.165) is 35.2 Å². The second-order valence-electron chi connectivity index (χ2n) is 6.00. The molecule has 0 saturated heterocycles. The molecule has 4 nitrogen and oxygen atoms in total. The maximum atomic E-state index is 13.0. The quantitative estimate of drug-likeness (QED) is 0.525. The van der Waals surface area contributed by atoms with Gasteiger partial charge in [0.15, 0.2) is 11.5 Å². The Bertz CT molecular complexity index is 688. The summed E-state index contributed by atoms with van der Waals surface area (Å²) >= 11 is 3.56. The molecule has 0 aliphatic rings. The van der Waals surface area contributed by atoms with Crippen LogP contribution in [0.3, 0.4) is 0 Å². The van der Waals surface area contributed by atoms with Crippen LogP contribution in [0.2, 0.25) is 0 Å². The van der Waals surface area contributed by atoms with Gasteiger partial charge >= 0.3 is 0 Å². The summed E-state index contributed by atoms with van der Waals surface area (Å²) in [6.45, 7) is 2.99. The van der Waals surface area contributed by atoms with Crippen molar-refractivity contribution >= 4 is 40.7 Å². The molecule has 8 heteroatoms. The average Bonchev–Trinajstić information content (AvgIpc) is 2.58. The van der Waals surface area contributed by atoms with Crippen LogP contribution in [0.4, 0.5) is 4.39 Å². The molecule has 2 aromatic carbocycles. The first-order valence-electron chi connectivity index (χ1n) is 8.08. The number of benzene rings is 2. The molecule has 0 atom stereocenters. The molecule has 0 fully saturated rings. The van der Waals surface area contributed by atoms with Crippen molar-refractivity contribution in [2.24, 2.45) is 0 Å². The molecular formula is C19H26BrCl2FN2O2. The highest BCUT2D eigenvalue weighted by Gasteiger charge is 2.12. The summed E-state index contributed by atoms with van der Waals surface area (Å²) < 4.78 is 25.1. The topological polar surface area (TPSA) is 33.7 Å². The molecule has 152 valence electrons. The first kappa shape index (κ1) is 26.0. The van der Waals surface area contributed by atoms with E-state index in [1.807, 2.05) is 12.1 Å². The van der Waals surface area contributed by atoms with Crippen LogP contribution in [-0.2, 0) is 13.2 Å². The van der Waals surface area contributed by atoms with Crippen molar-refractivity contribution in [1.82, 2.24) is 10.2 Å². The molecule has 0 unspecified atom stereocenters. The Morgan fingerprint density at radius 2 is 1.74 bits per heavy atom. The van der Waals surface area contributed by atoms with Gasteiger partial charge in [-0.2, -0.15) is 0 Å². The summed E-state index contributed by atoms with van der Waals surface area (Å²) in [7, 11) is 5.72. The molecule has 0 saturated carbocycles. The van der Waals surface area contributed by atoms with E-state index in [0.29, 0.717) is 18.1 Å². The van der Waals surface area contributed by atoms with Gasteiger partial charge < -0.3 is 19.7 Å². The van der Waals surface area contributed by atoms with Gasteiger partial charge in [-0.25, -0.2) is 4.39 Å². The van der Waals surface area contributed by atoms with Crippen LogP contribution in [0.5, 0.6) is 11.5 Å². The highest BCUT2D eigenvalue weighted by Crippen LogP contribution is 2.37. The van der Waals surface area contributed by atoms with Gasteiger partial charge in [-0.1, -0.05) is 12.1 Å². The molecule has 0 aliphatic heterocycles. The molecule has 0 spiro atoms. The number of hydrogen-bond acceptors (Lipinski definition) is 4. The number of hydrogen-bond donors (Lipinski definition) is 1. The lowest BCUT2D eigenvalue weighted by Crippen LogP contribution is -2.26. The summed E-state index contributed by atoms with van der Waals surface area (Å²) in [6, 6.07) is 10.2. The summed E-state index contributed by atoms with van der Waals surface area (Å²) in [4.78, 5) is 2.13. The van der Waals surface area contributed by atoms with E-state index in [4.69, 9.17) is 9.47 Å². The third-order valence-electron chi connectivity index (χ3n) is 3.65. The minimum absolute atomic E-state index is 0. The Morgan fingerprint density at radius 1 is 1.07 bits per heavy atom. The Hall–Kier alpha value is -1.05. The minimum Gasteiger partial charge on any atom is -0.493 e. The molecule has 2 aromatic rings. The highest BCUT2D eigenvalue weighted by molar-refractivity contribution is 9.10. The maximum Gasteiger partial charge on any atom is 0.175 e. The number of likely N-dealkylation sites (N-methyl/N-ethyl adjacent to an activating group) is 1. The SMILES string of the molecule is COc1cc(CNCCN(C)C)cc(Br)c1OCc1ccc(F)cc1.Cl.Cl. The van der Waals surface area contributed by atoms with E-state index in [1.165, 1.54) is 12.1 Å². The van der Waals surface area contributed by atoms with Crippen LogP contribution in [0.1, 0.15) is 11.1 Å². The normalized spacial score (nSPS) is 10.1. The van der Waals surface area contributed by atoms with Gasteiger partial charge in [0.05, 0.1) is 11.6 Å². The second kappa shape index (κ2) is 13.2. The van der Waals surface area contributed by atoms with Gasteiger partial charge in [0.2, 0.25) is 0 Å². The zero-order valence-electron chi connectivity index (χ0n) is 15.6. The summed E-state index contributed by atoms with van der Waals surface area (Å²) in [6.07, 6.45) is 0. The van der Waals surface area contributed by atoms with E-state index in [-0.39, 0.29) is 30.6 Å². The number of halogens is 4. The number of ether oxygens (including phenoxy) is 2. The van der Waals surface area contributed by atoms with Crippen LogP contribution in [0, 0.1) is 5.82 Å². The van der Waals surface area contributed by atoms with E-state index >= 15 is 0 Å². The third kappa shape index (κ3) is 8.66. The predicted molar refractivity (Wildman–Crippen MR) is 116 cm³/mol. The molecule has 0 aliphatic carbocycles. The van der Waals surface area contributed by atoms with Crippen LogP contribution in [0.25, 0.3) is 0 Å². The first-order chi connectivity index (χ1) is 12.0. The van der Waals surface area contributed by atoms with E-state index in [2.05, 4.69) is 40.2 Å². The lowest BCUT2D eigenvalue weighted by Gasteiger charge is -2.15. The number of rotatable bonds is 9. The van der Waals surface area contributed by atoms with Crippen molar-refractivity contribution in [2.75, 3.05) is 34.3 Å². The third-order valence-corrected chi connectivity index (χ3v) is 4.24. The van der Waals surface area contributed by atoms with Crippen LogP contribution < -0.4 is 14.8 Å². The number of methoxy groups -OCH3 is 1. The van der Waals surface area contributed by atoms with Crippen molar-refractivity contribution < 1.29 is 13.9 Å². The fourth-order valence-corrected chi connectivity index (χ4v) is 2.89. The molecule has 1 N–H and O–H groups in total. The van der Waals surface area contributed by atoms with Crippen LogP contribution in [-0.4, -0.2) is 39.2 Å². The van der Waals surface area contributed by atoms with Gasteiger partial charge in [-0.3, -0.25) is 0 Å². The summed E-state index contributed by atoms with van der Waals surface area (Å²) in [5, 5.41) is 3.40. The molecule has 0 bridgehead atoms. The van der Waals surface area contributed by atoms with Crippen LogP contribution >= 0.6 is 40.7 Å². The molecule has 0 radical (unpaired) electrons. The van der Waals surface area contributed by atoms with Gasteiger partial charge in [0.25, 0.3) is 0 Å². The zero-order valence-corrected chi connectivity index (χ0v) is 18.8. The Morgan fingerprint density at radius 3 is 2.33 bits per heavy atom. The molecule has 0 aromatic heterocycles. The van der Waals surface area contributed by atoms with Crippen molar-refractivity contribution in [1.29, 1.82) is 0 Å². The largest absolute Gasteiger partial charge is 0.493 e. The predicted octanol–water partition coefficient (Wildman–Crippen LogP) is 4.67. The maximum absolute atomic E-state index is 13.0. The van der Waals surface area contributed by atoms with Crippen molar-refractivity contribution in [2.45, 2.75) is 13.2 Å². The van der Waals surface area contributed by atoms with Gasteiger partial charge in [0, 0.05) is 19.6 Å². The fraction of sp³-hybridized carbons (Fsp3) is 0.368. The second-order valence-corrected chi connectivity index (χ2v) is 6.86. The minimum atomic E-state index is -0.256. The smallest absolute Gasteiger partial charge is 0.175 e. The molecule has 0 amide bonds. The average molecular weight is 484 g/mol. The Balaban J connectivity index is 0.00000338. The van der Waals surface area contributed by atoms with Crippen molar-refractivity contribution in [3.63, 3.8) is 0 Å².